The van der Waals surface area contributed by atoms with Gasteiger partial charge in [0, 0.05) is 25.7 Å². The average molecular weight is 498 g/mol. The zero-order valence-corrected chi connectivity index (χ0v) is 22.6. The number of amides is 4. The van der Waals surface area contributed by atoms with Crippen molar-refractivity contribution in [3.8, 4) is 0 Å². The highest BCUT2D eigenvalue weighted by Gasteiger charge is 2.55. The third-order valence-electron chi connectivity index (χ3n) is 9.54. The van der Waals surface area contributed by atoms with Gasteiger partial charge in [-0.3, -0.25) is 14.5 Å². The highest BCUT2D eigenvalue weighted by atomic mass is 16.2. The Bertz CT molecular complexity index is 980. The second-order valence-corrected chi connectivity index (χ2v) is 11.9. The van der Waals surface area contributed by atoms with Gasteiger partial charge in [0.1, 0.15) is 12.1 Å². The van der Waals surface area contributed by atoms with E-state index in [1.807, 2.05) is 0 Å². The van der Waals surface area contributed by atoms with E-state index in [1.54, 1.807) is 25.8 Å². The molecule has 0 bridgehead atoms. The lowest BCUT2D eigenvalue weighted by molar-refractivity contribution is -0.142. The van der Waals surface area contributed by atoms with Crippen LogP contribution in [0.25, 0.3) is 0 Å². The molecule has 0 atom stereocenters. The molecular formula is C28H43N5O3. The molecule has 2 aliphatic carbocycles. The lowest BCUT2D eigenvalue weighted by Gasteiger charge is -2.51. The van der Waals surface area contributed by atoms with Crippen LogP contribution in [0.3, 0.4) is 0 Å². The Morgan fingerprint density at radius 2 is 1.67 bits per heavy atom. The molecule has 0 radical (unpaired) electrons. The number of likely N-dealkylation sites (N-methyl/N-ethyl adjacent to an activating group) is 1. The SMILES string of the molecule is CN(C(=O)CN1CC2(CCC(c3ccccc3)(N(C)C)CC2)N(CC2CCC2)C1=O)C(C)(C)C(N)=O. The number of nitrogens with two attached hydrogens (primary N) is 1. The van der Waals surface area contributed by atoms with Crippen molar-refractivity contribution in [3.05, 3.63) is 35.9 Å². The summed E-state index contributed by atoms with van der Waals surface area (Å²) in [6.07, 6.45) is 7.26. The van der Waals surface area contributed by atoms with Gasteiger partial charge in [0.15, 0.2) is 0 Å². The highest BCUT2D eigenvalue weighted by Crippen LogP contribution is 2.49. The van der Waals surface area contributed by atoms with Crippen LogP contribution in [-0.2, 0) is 15.1 Å². The molecule has 36 heavy (non-hydrogen) atoms. The van der Waals surface area contributed by atoms with E-state index < -0.39 is 11.4 Å². The van der Waals surface area contributed by atoms with Crippen molar-refractivity contribution in [3.63, 3.8) is 0 Å². The highest BCUT2D eigenvalue weighted by molar-refractivity contribution is 5.92. The summed E-state index contributed by atoms with van der Waals surface area (Å²) in [4.78, 5) is 46.3. The number of hydrogen-bond donors (Lipinski definition) is 1. The summed E-state index contributed by atoms with van der Waals surface area (Å²) >= 11 is 0. The van der Waals surface area contributed by atoms with Crippen molar-refractivity contribution in [2.45, 2.75) is 75.4 Å². The maximum atomic E-state index is 13.7. The summed E-state index contributed by atoms with van der Waals surface area (Å²) in [5.41, 5.74) is 5.40. The summed E-state index contributed by atoms with van der Waals surface area (Å²) in [6.45, 7) is 4.55. The zero-order valence-electron chi connectivity index (χ0n) is 22.6. The van der Waals surface area contributed by atoms with E-state index in [4.69, 9.17) is 5.73 Å². The summed E-state index contributed by atoms with van der Waals surface area (Å²) < 4.78 is 0. The molecule has 4 amide bonds. The van der Waals surface area contributed by atoms with Crippen LogP contribution >= 0.6 is 0 Å². The molecule has 4 rings (SSSR count). The molecule has 2 N–H and O–H groups in total. The fraction of sp³-hybridized carbons (Fsp3) is 0.679. The number of primary amides is 1. The smallest absolute Gasteiger partial charge is 0.321 e. The second kappa shape index (κ2) is 9.69. The third-order valence-corrected chi connectivity index (χ3v) is 9.54. The minimum atomic E-state index is -1.12. The van der Waals surface area contributed by atoms with E-state index >= 15 is 0 Å². The molecule has 1 aliphatic heterocycles. The fourth-order valence-corrected chi connectivity index (χ4v) is 6.26. The minimum absolute atomic E-state index is 0.0352. The Kier molecular flexibility index (Phi) is 7.12. The second-order valence-electron chi connectivity index (χ2n) is 11.9. The largest absolute Gasteiger partial charge is 0.368 e. The van der Waals surface area contributed by atoms with E-state index in [1.165, 1.54) is 29.7 Å². The molecular weight excluding hydrogens is 454 g/mol. The van der Waals surface area contributed by atoms with Gasteiger partial charge in [0.05, 0.1) is 5.54 Å². The van der Waals surface area contributed by atoms with Crippen LogP contribution in [0.1, 0.15) is 64.4 Å². The maximum Gasteiger partial charge on any atom is 0.321 e. The number of nitrogens with zero attached hydrogens (tertiary/aromatic N) is 4. The van der Waals surface area contributed by atoms with Crippen molar-refractivity contribution in [1.82, 2.24) is 19.6 Å². The van der Waals surface area contributed by atoms with E-state index in [2.05, 4.69) is 54.2 Å². The van der Waals surface area contributed by atoms with Gasteiger partial charge in [-0.2, -0.15) is 0 Å². The summed E-state index contributed by atoms with van der Waals surface area (Å²) in [6, 6.07) is 10.6. The van der Waals surface area contributed by atoms with Gasteiger partial charge in [-0.1, -0.05) is 36.8 Å². The summed E-state index contributed by atoms with van der Waals surface area (Å²) in [7, 11) is 5.89. The molecule has 2 saturated carbocycles. The van der Waals surface area contributed by atoms with Crippen LogP contribution in [0.5, 0.6) is 0 Å². The molecule has 198 valence electrons. The standard InChI is InChI=1S/C28H43N5O3/c1-26(2,24(29)35)31(5)23(34)19-32-20-27(33(25(32)36)18-21-10-9-11-21)14-16-28(17-15-27,30(3)4)22-12-7-6-8-13-22/h6-8,12-13,21H,9-11,14-20H2,1-5H3,(H2,29,35). The molecule has 0 aromatic heterocycles. The fourth-order valence-electron chi connectivity index (χ4n) is 6.26. The van der Waals surface area contributed by atoms with Gasteiger partial charge in [0.25, 0.3) is 0 Å². The Morgan fingerprint density at radius 3 is 2.17 bits per heavy atom. The molecule has 3 fully saturated rings. The first-order valence-corrected chi connectivity index (χ1v) is 13.3. The summed E-state index contributed by atoms with van der Waals surface area (Å²) in [5, 5.41) is 0. The molecule has 0 unspecified atom stereocenters. The van der Waals surface area contributed by atoms with Crippen molar-refractivity contribution < 1.29 is 14.4 Å². The molecule has 1 aromatic rings. The normalized spacial score (nSPS) is 27.0. The van der Waals surface area contributed by atoms with Gasteiger partial charge in [0.2, 0.25) is 11.8 Å². The van der Waals surface area contributed by atoms with E-state index in [0.29, 0.717) is 12.5 Å². The van der Waals surface area contributed by atoms with Crippen LogP contribution in [-0.4, -0.2) is 89.3 Å². The number of benzene rings is 1. The minimum Gasteiger partial charge on any atom is -0.368 e. The molecule has 1 aromatic carbocycles. The number of carbonyl (C=O) groups excluding carboxylic acids is 3. The van der Waals surface area contributed by atoms with Gasteiger partial charge < -0.3 is 20.4 Å². The van der Waals surface area contributed by atoms with Gasteiger partial charge >= 0.3 is 6.03 Å². The van der Waals surface area contributed by atoms with E-state index in [-0.39, 0.29) is 29.6 Å². The van der Waals surface area contributed by atoms with E-state index in [0.717, 1.165) is 32.2 Å². The van der Waals surface area contributed by atoms with Crippen LogP contribution in [0.4, 0.5) is 4.79 Å². The maximum absolute atomic E-state index is 13.7. The first-order chi connectivity index (χ1) is 16.9. The number of carbonyl (C=O) groups is 3. The third kappa shape index (κ3) is 4.49. The first-order valence-electron chi connectivity index (χ1n) is 13.3. The van der Waals surface area contributed by atoms with Gasteiger partial charge in [-0.15, -0.1) is 0 Å². The lowest BCUT2D eigenvalue weighted by Crippen LogP contribution is -2.56. The molecule has 8 heteroatoms. The molecule has 8 nitrogen and oxygen atoms in total. The van der Waals surface area contributed by atoms with Gasteiger partial charge in [-0.25, -0.2) is 4.79 Å². The zero-order chi connectivity index (χ0) is 26.3. The van der Waals surface area contributed by atoms with Crippen LogP contribution in [0.2, 0.25) is 0 Å². The molecule has 3 aliphatic rings. The Morgan fingerprint density at radius 1 is 1.06 bits per heavy atom. The van der Waals surface area contributed by atoms with Crippen molar-refractivity contribution in [1.29, 1.82) is 0 Å². The molecule has 1 spiro atoms. The topological polar surface area (TPSA) is 90.2 Å². The predicted octanol–water partition coefficient (Wildman–Crippen LogP) is 3.02. The number of urea groups is 1. The summed E-state index contributed by atoms with van der Waals surface area (Å²) in [5.74, 6) is -0.287. The van der Waals surface area contributed by atoms with Crippen LogP contribution in [0.15, 0.2) is 30.3 Å². The van der Waals surface area contributed by atoms with Crippen molar-refractivity contribution in [2.24, 2.45) is 11.7 Å². The first kappa shape index (κ1) is 26.5. The van der Waals surface area contributed by atoms with Crippen molar-refractivity contribution >= 4 is 17.8 Å². The lowest BCUT2D eigenvalue weighted by atomic mass is 9.68. The Labute approximate surface area is 215 Å². The van der Waals surface area contributed by atoms with E-state index in [9.17, 15) is 14.4 Å². The average Bonchev–Trinajstić information content (AvgIpc) is 3.06. The molecule has 1 saturated heterocycles. The Hall–Kier alpha value is -2.61. The molecule has 1 heterocycles. The quantitative estimate of drug-likeness (QED) is 0.598. The predicted molar refractivity (Wildman–Crippen MR) is 140 cm³/mol. The number of hydrogen-bond acceptors (Lipinski definition) is 4. The van der Waals surface area contributed by atoms with Crippen molar-refractivity contribution in [2.75, 3.05) is 40.8 Å². The number of rotatable bonds is 8. The van der Waals surface area contributed by atoms with Crippen LogP contribution < -0.4 is 5.73 Å². The van der Waals surface area contributed by atoms with Crippen LogP contribution in [0, 0.1) is 5.92 Å². The monoisotopic (exact) mass is 497 g/mol. The van der Waals surface area contributed by atoms with Gasteiger partial charge in [-0.05, 0) is 77.9 Å². The Balaban J connectivity index is 1.56.